The van der Waals surface area contributed by atoms with Crippen LogP contribution in [-0.2, 0) is 11.3 Å². The largest absolute Gasteiger partial charge is 0.480 e. The topological polar surface area (TPSA) is 30.5 Å². The summed E-state index contributed by atoms with van der Waals surface area (Å²) in [5.41, 5.74) is 2.29. The van der Waals surface area contributed by atoms with Crippen LogP contribution in [-0.4, -0.2) is 26.9 Å². The summed E-state index contributed by atoms with van der Waals surface area (Å²) in [7, 11) is 1.70. The second-order valence-electron chi connectivity index (χ2n) is 3.95. The summed E-state index contributed by atoms with van der Waals surface area (Å²) in [4.78, 5) is 0. The zero-order chi connectivity index (χ0) is 13.2. The van der Waals surface area contributed by atoms with Gasteiger partial charge in [0.05, 0.1) is 6.61 Å². The first-order valence-corrected chi connectivity index (χ1v) is 6.10. The molecule has 1 aromatic carbocycles. The second kappa shape index (κ2) is 8.57. The molecule has 18 heavy (non-hydrogen) atoms. The molecule has 0 fully saturated rings. The van der Waals surface area contributed by atoms with Crippen molar-refractivity contribution >= 4 is 0 Å². The van der Waals surface area contributed by atoms with Gasteiger partial charge in [0.1, 0.15) is 12.4 Å². The molecule has 0 aromatic heterocycles. The minimum Gasteiger partial charge on any atom is -0.480 e. The summed E-state index contributed by atoms with van der Waals surface area (Å²) in [5.74, 6) is 6.68. The molecule has 98 valence electrons. The van der Waals surface area contributed by atoms with E-state index in [1.807, 2.05) is 26.0 Å². The third kappa shape index (κ3) is 4.79. The molecule has 0 aliphatic heterocycles. The van der Waals surface area contributed by atoms with E-state index >= 15 is 0 Å². The Bertz CT molecular complexity index is 418. The van der Waals surface area contributed by atoms with Gasteiger partial charge in [0.15, 0.2) is 0 Å². The summed E-state index contributed by atoms with van der Waals surface area (Å²) in [6.45, 7) is 6.62. The molecule has 0 heterocycles. The lowest BCUT2D eigenvalue weighted by Crippen LogP contribution is -2.19. The van der Waals surface area contributed by atoms with Crippen LogP contribution in [0.5, 0.6) is 5.75 Å². The fourth-order valence-electron chi connectivity index (χ4n) is 1.64. The van der Waals surface area contributed by atoms with E-state index in [0.717, 1.165) is 30.0 Å². The highest BCUT2D eigenvalue weighted by atomic mass is 16.5. The molecular formula is C15H21NO2. The van der Waals surface area contributed by atoms with Crippen LogP contribution in [0, 0.1) is 18.8 Å². The van der Waals surface area contributed by atoms with Crippen molar-refractivity contribution in [2.24, 2.45) is 0 Å². The number of hydrogen-bond acceptors (Lipinski definition) is 3. The summed E-state index contributed by atoms with van der Waals surface area (Å²) < 4.78 is 10.7. The number of aryl methyl sites for hydroxylation is 1. The van der Waals surface area contributed by atoms with Crippen molar-refractivity contribution in [1.82, 2.24) is 5.32 Å². The maximum atomic E-state index is 5.72. The summed E-state index contributed by atoms with van der Waals surface area (Å²) >= 11 is 0. The van der Waals surface area contributed by atoms with E-state index in [4.69, 9.17) is 9.47 Å². The normalized spacial score (nSPS) is 9.72. The molecule has 0 unspecified atom stereocenters. The van der Waals surface area contributed by atoms with Crippen LogP contribution in [0.3, 0.4) is 0 Å². The van der Waals surface area contributed by atoms with Gasteiger partial charge in [0.25, 0.3) is 0 Å². The first-order chi connectivity index (χ1) is 8.79. The SMILES string of the molecule is CC#CCOc1c(C)cccc1CNCCOC. The van der Waals surface area contributed by atoms with Crippen LogP contribution in [0.2, 0.25) is 0 Å². The van der Waals surface area contributed by atoms with Crippen LogP contribution in [0.25, 0.3) is 0 Å². The number of ether oxygens (including phenoxy) is 2. The molecule has 0 saturated carbocycles. The van der Waals surface area contributed by atoms with Crippen molar-refractivity contribution in [3.63, 3.8) is 0 Å². The molecule has 0 amide bonds. The summed E-state index contributed by atoms with van der Waals surface area (Å²) in [6, 6.07) is 6.16. The Morgan fingerprint density at radius 3 is 2.89 bits per heavy atom. The van der Waals surface area contributed by atoms with Crippen LogP contribution in [0.4, 0.5) is 0 Å². The minimum absolute atomic E-state index is 0.437. The van der Waals surface area contributed by atoms with E-state index in [1.165, 1.54) is 0 Å². The lowest BCUT2D eigenvalue weighted by Gasteiger charge is -2.13. The average molecular weight is 247 g/mol. The standard InChI is InChI=1S/C15H21NO2/c1-4-5-10-18-15-13(2)7-6-8-14(15)12-16-9-11-17-3/h6-8,16H,9-12H2,1-3H3. The van der Waals surface area contributed by atoms with Crippen molar-refractivity contribution in [1.29, 1.82) is 0 Å². The number of nitrogens with one attached hydrogen (secondary N) is 1. The molecule has 0 bridgehead atoms. The third-order valence-electron chi connectivity index (χ3n) is 2.56. The van der Waals surface area contributed by atoms with Gasteiger partial charge in [-0.1, -0.05) is 24.1 Å². The second-order valence-corrected chi connectivity index (χ2v) is 3.95. The van der Waals surface area contributed by atoms with Gasteiger partial charge in [0.2, 0.25) is 0 Å². The molecule has 0 spiro atoms. The van der Waals surface area contributed by atoms with Gasteiger partial charge in [-0.15, -0.1) is 5.92 Å². The van der Waals surface area contributed by atoms with Crippen molar-refractivity contribution in [2.75, 3.05) is 26.9 Å². The molecule has 0 aliphatic rings. The lowest BCUT2D eigenvalue weighted by atomic mass is 10.1. The molecule has 1 rings (SSSR count). The Morgan fingerprint density at radius 1 is 1.33 bits per heavy atom. The third-order valence-corrected chi connectivity index (χ3v) is 2.56. The molecule has 3 nitrogen and oxygen atoms in total. The first kappa shape index (κ1) is 14.6. The van der Waals surface area contributed by atoms with Crippen LogP contribution in [0.1, 0.15) is 18.1 Å². The van der Waals surface area contributed by atoms with Crippen LogP contribution >= 0.6 is 0 Å². The number of rotatable bonds is 7. The van der Waals surface area contributed by atoms with Gasteiger partial charge in [-0.3, -0.25) is 0 Å². The van der Waals surface area contributed by atoms with E-state index in [-0.39, 0.29) is 0 Å². The smallest absolute Gasteiger partial charge is 0.149 e. The van der Waals surface area contributed by atoms with E-state index in [0.29, 0.717) is 13.2 Å². The maximum Gasteiger partial charge on any atom is 0.149 e. The maximum absolute atomic E-state index is 5.72. The molecule has 3 heteroatoms. The average Bonchev–Trinajstić information content (AvgIpc) is 2.37. The fraction of sp³-hybridized carbons (Fsp3) is 0.467. The van der Waals surface area contributed by atoms with Gasteiger partial charge in [-0.2, -0.15) is 0 Å². The van der Waals surface area contributed by atoms with Crippen molar-refractivity contribution in [3.05, 3.63) is 29.3 Å². The Balaban J connectivity index is 2.63. The Kier molecular flexibility index (Phi) is 6.93. The van der Waals surface area contributed by atoms with E-state index in [2.05, 4.69) is 23.2 Å². The van der Waals surface area contributed by atoms with Gasteiger partial charge in [-0.25, -0.2) is 0 Å². The number of methoxy groups -OCH3 is 1. The molecule has 1 aromatic rings. The van der Waals surface area contributed by atoms with Crippen molar-refractivity contribution < 1.29 is 9.47 Å². The molecule has 0 atom stereocenters. The molecule has 0 saturated heterocycles. The lowest BCUT2D eigenvalue weighted by molar-refractivity contribution is 0.199. The van der Waals surface area contributed by atoms with Gasteiger partial charge >= 0.3 is 0 Å². The molecular weight excluding hydrogens is 226 g/mol. The van der Waals surface area contributed by atoms with Gasteiger partial charge in [0, 0.05) is 25.8 Å². The van der Waals surface area contributed by atoms with Crippen molar-refractivity contribution in [3.8, 4) is 17.6 Å². The Labute approximate surface area is 109 Å². The highest BCUT2D eigenvalue weighted by Gasteiger charge is 2.05. The zero-order valence-electron chi connectivity index (χ0n) is 11.4. The summed E-state index contributed by atoms with van der Waals surface area (Å²) in [5, 5.41) is 3.32. The molecule has 1 N–H and O–H groups in total. The quantitative estimate of drug-likeness (QED) is 0.591. The van der Waals surface area contributed by atoms with Crippen LogP contribution < -0.4 is 10.1 Å². The first-order valence-electron chi connectivity index (χ1n) is 6.10. The zero-order valence-corrected chi connectivity index (χ0v) is 11.4. The van der Waals surface area contributed by atoms with E-state index < -0.39 is 0 Å². The number of hydrogen-bond donors (Lipinski definition) is 1. The monoisotopic (exact) mass is 247 g/mol. The van der Waals surface area contributed by atoms with Crippen molar-refractivity contribution in [2.45, 2.75) is 20.4 Å². The Morgan fingerprint density at radius 2 is 2.17 bits per heavy atom. The summed E-state index contributed by atoms with van der Waals surface area (Å²) in [6.07, 6.45) is 0. The molecule has 0 aliphatic carbocycles. The van der Waals surface area contributed by atoms with E-state index in [9.17, 15) is 0 Å². The highest BCUT2D eigenvalue weighted by Crippen LogP contribution is 2.23. The molecule has 0 radical (unpaired) electrons. The number of benzene rings is 1. The number of para-hydroxylation sites is 1. The predicted molar refractivity (Wildman–Crippen MR) is 73.7 cm³/mol. The van der Waals surface area contributed by atoms with Gasteiger partial charge < -0.3 is 14.8 Å². The van der Waals surface area contributed by atoms with Gasteiger partial charge in [-0.05, 0) is 19.4 Å². The highest BCUT2D eigenvalue weighted by molar-refractivity contribution is 5.41. The fourth-order valence-corrected chi connectivity index (χ4v) is 1.64. The Hall–Kier alpha value is -1.50. The van der Waals surface area contributed by atoms with E-state index in [1.54, 1.807) is 7.11 Å². The predicted octanol–water partition coefficient (Wildman–Crippen LogP) is 2.13. The van der Waals surface area contributed by atoms with Crippen LogP contribution in [0.15, 0.2) is 18.2 Å². The minimum atomic E-state index is 0.437.